The van der Waals surface area contributed by atoms with Crippen LogP contribution in [0.1, 0.15) is 56.9 Å². The molecule has 7 nitrogen and oxygen atoms in total. The molecule has 0 aromatic heterocycles. The first-order chi connectivity index (χ1) is 15.1. The standard InChI is InChI=1S/C24H32N4O3/c29-22(26-16-11-20(12-17-26)24(31)27-14-5-2-6-15-27)9-10-23(30)28-18-13-21(25-28)19-7-3-1-4-8-19/h1,3-4,7-8,20H,2,5-6,9-18H2. The van der Waals surface area contributed by atoms with Crippen LogP contribution in [-0.2, 0) is 14.4 Å². The highest BCUT2D eigenvalue weighted by atomic mass is 16.2. The van der Waals surface area contributed by atoms with Gasteiger partial charge in [0, 0.05) is 51.4 Å². The minimum absolute atomic E-state index is 0.00341. The molecule has 1 aromatic rings. The number of amides is 3. The highest BCUT2D eigenvalue weighted by molar-refractivity contribution is 6.02. The Morgan fingerprint density at radius 1 is 0.806 bits per heavy atom. The summed E-state index contributed by atoms with van der Waals surface area (Å²) in [7, 11) is 0. The van der Waals surface area contributed by atoms with Gasteiger partial charge < -0.3 is 9.80 Å². The van der Waals surface area contributed by atoms with E-state index in [1.807, 2.05) is 40.1 Å². The number of hydrogen-bond acceptors (Lipinski definition) is 4. The zero-order chi connectivity index (χ0) is 21.6. The molecule has 4 rings (SSSR count). The quantitative estimate of drug-likeness (QED) is 0.729. The minimum atomic E-state index is -0.102. The Labute approximate surface area is 184 Å². The number of hydrogen-bond donors (Lipinski definition) is 0. The summed E-state index contributed by atoms with van der Waals surface area (Å²) in [4.78, 5) is 41.6. The van der Waals surface area contributed by atoms with Gasteiger partial charge >= 0.3 is 0 Å². The van der Waals surface area contributed by atoms with Crippen LogP contribution in [0.2, 0.25) is 0 Å². The monoisotopic (exact) mass is 424 g/mol. The first-order valence-electron chi connectivity index (χ1n) is 11.6. The summed E-state index contributed by atoms with van der Waals surface area (Å²) in [5.74, 6) is 0.209. The van der Waals surface area contributed by atoms with Crippen molar-refractivity contribution in [3.8, 4) is 0 Å². The second-order valence-electron chi connectivity index (χ2n) is 8.72. The highest BCUT2D eigenvalue weighted by Gasteiger charge is 2.31. The summed E-state index contributed by atoms with van der Waals surface area (Å²) in [5.41, 5.74) is 1.96. The summed E-state index contributed by atoms with van der Waals surface area (Å²) in [6.07, 6.45) is 6.00. The molecule has 7 heteroatoms. The molecular formula is C24H32N4O3. The smallest absolute Gasteiger partial charge is 0.243 e. The van der Waals surface area contributed by atoms with Gasteiger partial charge in [-0.2, -0.15) is 5.10 Å². The number of piperidine rings is 2. The first-order valence-corrected chi connectivity index (χ1v) is 11.6. The van der Waals surface area contributed by atoms with Gasteiger partial charge in [-0.1, -0.05) is 30.3 Å². The van der Waals surface area contributed by atoms with E-state index in [2.05, 4.69) is 5.10 Å². The van der Waals surface area contributed by atoms with E-state index in [1.165, 1.54) is 11.4 Å². The van der Waals surface area contributed by atoms with Crippen LogP contribution in [0.3, 0.4) is 0 Å². The van der Waals surface area contributed by atoms with Gasteiger partial charge in [-0.15, -0.1) is 0 Å². The fourth-order valence-corrected chi connectivity index (χ4v) is 4.72. The molecule has 2 saturated heterocycles. The van der Waals surface area contributed by atoms with Crippen LogP contribution >= 0.6 is 0 Å². The van der Waals surface area contributed by atoms with Gasteiger partial charge in [0.2, 0.25) is 17.7 Å². The van der Waals surface area contributed by atoms with Crippen molar-refractivity contribution < 1.29 is 14.4 Å². The van der Waals surface area contributed by atoms with Crippen LogP contribution in [0.4, 0.5) is 0 Å². The van der Waals surface area contributed by atoms with Gasteiger partial charge in [0.05, 0.1) is 12.3 Å². The van der Waals surface area contributed by atoms with Gasteiger partial charge in [0.15, 0.2) is 0 Å². The second-order valence-corrected chi connectivity index (χ2v) is 8.72. The Bertz CT molecular complexity index is 824. The third kappa shape index (κ3) is 5.32. The van der Waals surface area contributed by atoms with Crippen LogP contribution in [0, 0.1) is 5.92 Å². The molecule has 3 aliphatic rings. The molecular weight excluding hydrogens is 392 g/mol. The van der Waals surface area contributed by atoms with E-state index in [4.69, 9.17) is 0 Å². The Hall–Kier alpha value is -2.70. The molecule has 166 valence electrons. The molecule has 0 radical (unpaired) electrons. The van der Waals surface area contributed by atoms with E-state index in [-0.39, 0.29) is 36.5 Å². The zero-order valence-electron chi connectivity index (χ0n) is 18.2. The van der Waals surface area contributed by atoms with E-state index in [0.717, 1.165) is 56.5 Å². The van der Waals surface area contributed by atoms with Crippen LogP contribution in [-0.4, -0.2) is 71.0 Å². The number of carbonyl (C=O) groups is 3. The van der Waals surface area contributed by atoms with Crippen LogP contribution in [0.5, 0.6) is 0 Å². The average Bonchev–Trinajstić information content (AvgIpc) is 3.34. The van der Waals surface area contributed by atoms with Gasteiger partial charge in [-0.3, -0.25) is 14.4 Å². The molecule has 0 N–H and O–H groups in total. The van der Waals surface area contributed by atoms with E-state index < -0.39 is 0 Å². The third-order valence-electron chi connectivity index (χ3n) is 6.61. The predicted octanol–water partition coefficient (Wildman–Crippen LogP) is 2.65. The molecule has 31 heavy (non-hydrogen) atoms. The Morgan fingerprint density at radius 2 is 1.48 bits per heavy atom. The van der Waals surface area contributed by atoms with Gasteiger partial charge in [-0.05, 0) is 37.7 Å². The van der Waals surface area contributed by atoms with E-state index in [9.17, 15) is 14.4 Å². The van der Waals surface area contributed by atoms with Crippen molar-refractivity contribution in [3.63, 3.8) is 0 Å². The summed E-state index contributed by atoms with van der Waals surface area (Å²) < 4.78 is 0. The lowest BCUT2D eigenvalue weighted by Gasteiger charge is -2.35. The number of likely N-dealkylation sites (tertiary alicyclic amines) is 2. The van der Waals surface area contributed by atoms with Gasteiger partial charge in [0.1, 0.15) is 0 Å². The van der Waals surface area contributed by atoms with Gasteiger partial charge in [-0.25, -0.2) is 5.01 Å². The molecule has 0 bridgehead atoms. The van der Waals surface area contributed by atoms with Gasteiger partial charge in [0.25, 0.3) is 0 Å². The highest BCUT2D eigenvalue weighted by Crippen LogP contribution is 2.23. The van der Waals surface area contributed by atoms with E-state index in [1.54, 1.807) is 0 Å². The van der Waals surface area contributed by atoms with Crippen LogP contribution in [0.15, 0.2) is 35.4 Å². The third-order valence-corrected chi connectivity index (χ3v) is 6.61. The summed E-state index contributed by atoms with van der Waals surface area (Å²) in [6, 6.07) is 9.88. The second kappa shape index (κ2) is 10.1. The molecule has 0 unspecified atom stereocenters. The predicted molar refractivity (Wildman–Crippen MR) is 118 cm³/mol. The molecule has 3 aliphatic heterocycles. The largest absolute Gasteiger partial charge is 0.343 e. The topological polar surface area (TPSA) is 73.3 Å². The van der Waals surface area contributed by atoms with Crippen molar-refractivity contribution in [3.05, 3.63) is 35.9 Å². The van der Waals surface area contributed by atoms with Crippen molar-refractivity contribution >= 4 is 23.4 Å². The molecule has 0 spiro atoms. The summed E-state index contributed by atoms with van der Waals surface area (Å²) in [5, 5.41) is 5.95. The number of benzene rings is 1. The average molecular weight is 425 g/mol. The fourth-order valence-electron chi connectivity index (χ4n) is 4.72. The molecule has 2 fully saturated rings. The molecule has 0 atom stereocenters. The maximum Gasteiger partial charge on any atom is 0.243 e. The maximum absolute atomic E-state index is 12.7. The van der Waals surface area contributed by atoms with Crippen molar-refractivity contribution in [2.45, 2.75) is 51.4 Å². The molecule has 0 saturated carbocycles. The summed E-state index contributed by atoms with van der Waals surface area (Å²) >= 11 is 0. The normalized spacial score (nSPS) is 20.0. The van der Waals surface area contributed by atoms with Crippen LogP contribution in [0.25, 0.3) is 0 Å². The molecule has 3 amide bonds. The van der Waals surface area contributed by atoms with E-state index in [0.29, 0.717) is 19.6 Å². The number of carbonyl (C=O) groups excluding carboxylic acids is 3. The number of hydrazone groups is 1. The maximum atomic E-state index is 12.7. The Morgan fingerprint density at radius 3 is 2.19 bits per heavy atom. The molecule has 3 heterocycles. The summed E-state index contributed by atoms with van der Waals surface area (Å²) in [6.45, 7) is 3.55. The lowest BCUT2D eigenvalue weighted by Crippen LogP contribution is -2.45. The lowest BCUT2D eigenvalue weighted by atomic mass is 9.94. The van der Waals surface area contributed by atoms with E-state index >= 15 is 0 Å². The van der Waals surface area contributed by atoms with Crippen molar-refractivity contribution in [1.82, 2.24) is 14.8 Å². The molecule has 1 aromatic carbocycles. The van der Waals surface area contributed by atoms with Crippen LogP contribution < -0.4 is 0 Å². The minimum Gasteiger partial charge on any atom is -0.343 e. The SMILES string of the molecule is O=C(CCC(=O)N1CCC(c2ccccc2)=N1)N1CCC(C(=O)N2CCCCC2)CC1. The van der Waals surface area contributed by atoms with Crippen molar-refractivity contribution in [2.24, 2.45) is 11.0 Å². The number of rotatable bonds is 5. The lowest BCUT2D eigenvalue weighted by molar-refractivity contribution is -0.142. The first kappa shape index (κ1) is 21.5. The fraction of sp³-hybridized carbons (Fsp3) is 0.583. The number of nitrogens with zero attached hydrogens (tertiary/aromatic N) is 4. The van der Waals surface area contributed by atoms with Crippen molar-refractivity contribution in [1.29, 1.82) is 0 Å². The molecule has 0 aliphatic carbocycles. The zero-order valence-corrected chi connectivity index (χ0v) is 18.2. The Kier molecular flexibility index (Phi) is 6.99. The Balaban J connectivity index is 1.20. The van der Waals surface area contributed by atoms with Crippen molar-refractivity contribution in [2.75, 3.05) is 32.7 Å².